The molecule has 1 atom stereocenters. The van der Waals surface area contributed by atoms with Crippen LogP contribution in [0.4, 0.5) is 0 Å². The van der Waals surface area contributed by atoms with E-state index >= 15 is 0 Å². The van der Waals surface area contributed by atoms with Crippen LogP contribution in [0.25, 0.3) is 0 Å². The Bertz CT molecular complexity index is 493. The quantitative estimate of drug-likeness (QED) is 0.691. The summed E-state index contributed by atoms with van der Waals surface area (Å²) in [6, 6.07) is 8.77. The molecule has 0 spiro atoms. The lowest BCUT2D eigenvalue weighted by Gasteiger charge is -2.25. The third-order valence-electron chi connectivity index (χ3n) is 3.77. The number of benzene rings is 1. The smallest absolute Gasteiger partial charge is 0.124 e. The molecule has 1 aromatic carbocycles. The molecule has 96 valence electrons. The van der Waals surface area contributed by atoms with Crippen LogP contribution in [0.15, 0.2) is 18.2 Å². The van der Waals surface area contributed by atoms with Crippen LogP contribution >= 0.6 is 0 Å². The fourth-order valence-electron chi connectivity index (χ4n) is 2.41. The minimum Gasteiger partial charge on any atom is -0.493 e. The number of nitrogens with zero attached hydrogens (tertiary/aromatic N) is 1. The van der Waals surface area contributed by atoms with Crippen LogP contribution < -0.4 is 4.74 Å². The number of hydrogen-bond acceptors (Lipinski definition) is 2. The molecule has 2 rings (SSSR count). The molecule has 0 bridgehead atoms. The zero-order valence-corrected chi connectivity index (χ0v) is 11.7. The van der Waals surface area contributed by atoms with E-state index in [4.69, 9.17) is 4.74 Å². The largest absolute Gasteiger partial charge is 0.493 e. The molecule has 0 N–H and O–H groups in total. The highest BCUT2D eigenvalue weighted by molar-refractivity contribution is 5.47. The second-order valence-electron chi connectivity index (χ2n) is 6.36. The number of fused-ring (bicyclic) bond motifs is 1. The van der Waals surface area contributed by atoms with E-state index in [0.29, 0.717) is 6.61 Å². The molecule has 1 unspecified atom stereocenters. The molecule has 0 radical (unpaired) electrons. The molecule has 0 saturated heterocycles. The van der Waals surface area contributed by atoms with Crippen molar-refractivity contribution in [3.8, 4) is 11.8 Å². The van der Waals surface area contributed by atoms with Crippen LogP contribution in [-0.4, -0.2) is 6.61 Å². The maximum atomic E-state index is 9.51. The van der Waals surface area contributed by atoms with Crippen LogP contribution in [-0.2, 0) is 10.8 Å². The van der Waals surface area contributed by atoms with E-state index < -0.39 is 5.41 Å². The number of ether oxygens (including phenoxy) is 1. The first kappa shape index (κ1) is 13.0. The second-order valence-corrected chi connectivity index (χ2v) is 6.36. The summed E-state index contributed by atoms with van der Waals surface area (Å²) in [5, 5.41) is 9.51. The minimum atomic E-state index is -0.424. The van der Waals surface area contributed by atoms with Crippen molar-refractivity contribution in [3.63, 3.8) is 0 Å². The van der Waals surface area contributed by atoms with Crippen molar-refractivity contribution in [1.82, 2.24) is 0 Å². The van der Waals surface area contributed by atoms with Gasteiger partial charge in [-0.2, -0.15) is 5.26 Å². The van der Waals surface area contributed by atoms with Crippen molar-refractivity contribution >= 4 is 0 Å². The van der Waals surface area contributed by atoms with Crippen LogP contribution in [0.5, 0.6) is 5.75 Å². The van der Waals surface area contributed by atoms with Gasteiger partial charge in [0.15, 0.2) is 0 Å². The Labute approximate surface area is 110 Å². The molecule has 2 nitrogen and oxygen atoms in total. The predicted molar refractivity (Wildman–Crippen MR) is 72.8 cm³/mol. The van der Waals surface area contributed by atoms with Gasteiger partial charge in [-0.05, 0) is 42.9 Å². The molecule has 1 heterocycles. The fourth-order valence-corrected chi connectivity index (χ4v) is 2.41. The van der Waals surface area contributed by atoms with Gasteiger partial charge in [0.25, 0.3) is 0 Å². The summed E-state index contributed by atoms with van der Waals surface area (Å²) in [4.78, 5) is 0. The average Bonchev–Trinajstić information content (AvgIpc) is 2.48. The zero-order valence-electron chi connectivity index (χ0n) is 11.7. The Morgan fingerprint density at radius 2 is 2.06 bits per heavy atom. The highest BCUT2D eigenvalue weighted by Crippen LogP contribution is 2.40. The van der Waals surface area contributed by atoms with Crippen molar-refractivity contribution in [2.24, 2.45) is 0 Å². The molecule has 0 aromatic heterocycles. The molecule has 1 aliphatic heterocycles. The molecular weight excluding hydrogens is 222 g/mol. The first-order valence-electron chi connectivity index (χ1n) is 6.56. The van der Waals surface area contributed by atoms with Crippen LogP contribution in [0.3, 0.4) is 0 Å². The summed E-state index contributed by atoms with van der Waals surface area (Å²) in [7, 11) is 0. The fraction of sp³-hybridized carbons (Fsp3) is 0.562. The normalized spacial score (nSPS) is 23.5. The van der Waals surface area contributed by atoms with Gasteiger partial charge in [0, 0.05) is 5.56 Å². The molecule has 18 heavy (non-hydrogen) atoms. The lowest BCUT2D eigenvalue weighted by atomic mass is 9.77. The van der Waals surface area contributed by atoms with Crippen LogP contribution in [0, 0.1) is 11.3 Å². The number of hydrogen-bond donors (Lipinski definition) is 0. The van der Waals surface area contributed by atoms with E-state index in [0.717, 1.165) is 24.2 Å². The molecule has 0 fully saturated rings. The first-order valence-corrected chi connectivity index (χ1v) is 6.56. The third kappa shape index (κ3) is 2.22. The maximum Gasteiger partial charge on any atom is 0.124 e. The Balaban J connectivity index is 2.58. The number of rotatable bonds is 0. The van der Waals surface area contributed by atoms with E-state index in [1.54, 1.807) is 0 Å². The Hall–Kier alpha value is -1.49. The lowest BCUT2D eigenvalue weighted by molar-refractivity contribution is 0.315. The zero-order chi connectivity index (χ0) is 13.4. The SMILES string of the molecule is CC(C)(C)c1ccc2c(c1)C(C)(C#N)CCCO2. The monoisotopic (exact) mass is 243 g/mol. The summed E-state index contributed by atoms with van der Waals surface area (Å²) >= 11 is 0. The molecule has 2 heteroatoms. The third-order valence-corrected chi connectivity index (χ3v) is 3.77. The second kappa shape index (κ2) is 4.31. The lowest BCUT2D eigenvalue weighted by Crippen LogP contribution is -2.20. The van der Waals surface area contributed by atoms with E-state index in [1.807, 2.05) is 13.0 Å². The standard InChI is InChI=1S/C16H21NO/c1-15(2,3)12-6-7-14-13(10-12)16(4,11-17)8-5-9-18-14/h6-7,10H,5,8-9H2,1-4H3. The summed E-state index contributed by atoms with van der Waals surface area (Å²) < 4.78 is 5.76. The average molecular weight is 243 g/mol. The van der Waals surface area contributed by atoms with Crippen molar-refractivity contribution in [2.75, 3.05) is 6.61 Å². The minimum absolute atomic E-state index is 0.0949. The maximum absolute atomic E-state index is 9.51. The Morgan fingerprint density at radius 3 is 2.67 bits per heavy atom. The van der Waals surface area contributed by atoms with Gasteiger partial charge in [0.2, 0.25) is 0 Å². The van der Waals surface area contributed by atoms with Gasteiger partial charge >= 0.3 is 0 Å². The highest BCUT2D eigenvalue weighted by atomic mass is 16.5. The van der Waals surface area contributed by atoms with Crippen molar-refractivity contribution < 1.29 is 4.74 Å². The molecule has 0 aliphatic carbocycles. The van der Waals surface area contributed by atoms with E-state index in [-0.39, 0.29) is 5.41 Å². The van der Waals surface area contributed by atoms with Crippen molar-refractivity contribution in [2.45, 2.75) is 51.4 Å². The highest BCUT2D eigenvalue weighted by Gasteiger charge is 2.32. The first-order chi connectivity index (χ1) is 8.37. The van der Waals surface area contributed by atoms with Gasteiger partial charge in [-0.1, -0.05) is 26.8 Å². The summed E-state index contributed by atoms with van der Waals surface area (Å²) in [5.74, 6) is 0.879. The van der Waals surface area contributed by atoms with Crippen molar-refractivity contribution in [1.29, 1.82) is 5.26 Å². The van der Waals surface area contributed by atoms with Crippen molar-refractivity contribution in [3.05, 3.63) is 29.3 Å². The van der Waals surface area contributed by atoms with Gasteiger partial charge in [-0.25, -0.2) is 0 Å². The Kier molecular flexibility index (Phi) is 3.11. The van der Waals surface area contributed by atoms with E-state index in [9.17, 15) is 5.26 Å². The Morgan fingerprint density at radius 1 is 1.33 bits per heavy atom. The molecular formula is C16H21NO. The summed E-state index contributed by atoms with van der Waals surface area (Å²) in [5.41, 5.74) is 1.98. The van der Waals surface area contributed by atoms with E-state index in [2.05, 4.69) is 39.0 Å². The van der Waals surface area contributed by atoms with Gasteiger partial charge < -0.3 is 4.74 Å². The topological polar surface area (TPSA) is 33.0 Å². The van der Waals surface area contributed by atoms with Crippen LogP contribution in [0.2, 0.25) is 0 Å². The van der Waals surface area contributed by atoms with E-state index in [1.165, 1.54) is 5.56 Å². The molecule has 0 amide bonds. The van der Waals surface area contributed by atoms with Crippen LogP contribution in [0.1, 0.15) is 51.7 Å². The predicted octanol–water partition coefficient (Wildman–Crippen LogP) is 3.94. The molecule has 0 saturated carbocycles. The molecule has 1 aliphatic rings. The molecule has 1 aromatic rings. The van der Waals surface area contributed by atoms with Gasteiger partial charge in [0.05, 0.1) is 18.1 Å². The summed E-state index contributed by atoms with van der Waals surface area (Å²) in [6.07, 6.45) is 1.80. The number of nitriles is 1. The van der Waals surface area contributed by atoms with Gasteiger partial charge in [0.1, 0.15) is 5.75 Å². The van der Waals surface area contributed by atoms with Gasteiger partial charge in [-0.15, -0.1) is 0 Å². The summed E-state index contributed by atoms with van der Waals surface area (Å²) in [6.45, 7) is 9.30. The van der Waals surface area contributed by atoms with Gasteiger partial charge in [-0.3, -0.25) is 0 Å².